The first-order valence-corrected chi connectivity index (χ1v) is 7.60. The van der Waals surface area contributed by atoms with Crippen molar-refractivity contribution in [1.82, 2.24) is 0 Å². The van der Waals surface area contributed by atoms with Gasteiger partial charge in [0.15, 0.2) is 0 Å². The number of ether oxygens (including phenoxy) is 1. The molecular formula is C17H27NO. The van der Waals surface area contributed by atoms with Crippen LogP contribution in [0, 0.1) is 19.8 Å². The van der Waals surface area contributed by atoms with Gasteiger partial charge in [0, 0.05) is 17.8 Å². The Bertz CT molecular complexity index is 406. The second-order valence-corrected chi connectivity index (χ2v) is 5.83. The molecule has 1 aromatic rings. The highest BCUT2D eigenvalue weighted by Crippen LogP contribution is 2.30. The van der Waals surface area contributed by atoms with Crippen LogP contribution >= 0.6 is 0 Å². The molecule has 0 saturated heterocycles. The Labute approximate surface area is 117 Å². The fourth-order valence-corrected chi connectivity index (χ4v) is 3.16. The molecule has 0 aliphatic heterocycles. The maximum atomic E-state index is 5.49. The van der Waals surface area contributed by atoms with Gasteiger partial charge in [-0.15, -0.1) is 0 Å². The normalized spacial score (nSPS) is 17.0. The summed E-state index contributed by atoms with van der Waals surface area (Å²) in [5.74, 6) is 1.86. The molecule has 1 N–H and O–H groups in total. The molecule has 106 valence electrons. The standard InChI is InChI=1S/C17H27NO/c1-13-10-11-16(14(2)17(13)19-3)18-12-15-8-6-4-5-7-9-15/h10-11,15,18H,4-9,12H2,1-3H3. The summed E-state index contributed by atoms with van der Waals surface area (Å²) in [5.41, 5.74) is 3.67. The molecule has 1 aromatic carbocycles. The number of nitrogens with one attached hydrogen (secondary N) is 1. The summed E-state index contributed by atoms with van der Waals surface area (Å²) in [6.07, 6.45) is 8.43. The molecule has 2 nitrogen and oxygen atoms in total. The van der Waals surface area contributed by atoms with Crippen LogP contribution in [0.3, 0.4) is 0 Å². The fraction of sp³-hybridized carbons (Fsp3) is 0.647. The van der Waals surface area contributed by atoms with Crippen LogP contribution in [0.15, 0.2) is 12.1 Å². The molecule has 1 saturated carbocycles. The second-order valence-electron chi connectivity index (χ2n) is 5.83. The van der Waals surface area contributed by atoms with E-state index in [1.807, 2.05) is 0 Å². The van der Waals surface area contributed by atoms with E-state index in [9.17, 15) is 0 Å². The van der Waals surface area contributed by atoms with Crippen molar-refractivity contribution in [2.75, 3.05) is 19.0 Å². The number of anilines is 1. The van der Waals surface area contributed by atoms with Gasteiger partial charge in [-0.05, 0) is 44.2 Å². The maximum Gasteiger partial charge on any atom is 0.126 e. The Hall–Kier alpha value is -1.18. The molecule has 19 heavy (non-hydrogen) atoms. The van der Waals surface area contributed by atoms with Gasteiger partial charge in [0.1, 0.15) is 5.75 Å². The summed E-state index contributed by atoms with van der Waals surface area (Å²) in [5, 5.41) is 3.63. The predicted octanol–water partition coefficient (Wildman–Crippen LogP) is 4.69. The Kier molecular flexibility index (Phi) is 5.12. The highest BCUT2D eigenvalue weighted by atomic mass is 16.5. The lowest BCUT2D eigenvalue weighted by Gasteiger charge is -2.19. The van der Waals surface area contributed by atoms with E-state index in [2.05, 4.69) is 31.3 Å². The molecule has 1 aliphatic carbocycles. The molecule has 0 spiro atoms. The highest BCUT2D eigenvalue weighted by molar-refractivity contribution is 5.59. The van der Waals surface area contributed by atoms with E-state index >= 15 is 0 Å². The molecule has 1 aliphatic rings. The molecule has 0 heterocycles. The van der Waals surface area contributed by atoms with Gasteiger partial charge in [0.25, 0.3) is 0 Å². The maximum absolute atomic E-state index is 5.49. The van der Waals surface area contributed by atoms with Crippen molar-refractivity contribution in [3.8, 4) is 5.75 Å². The topological polar surface area (TPSA) is 21.3 Å². The minimum atomic E-state index is 0.842. The molecule has 2 heteroatoms. The molecule has 0 radical (unpaired) electrons. The average Bonchev–Trinajstić information content (AvgIpc) is 2.67. The van der Waals surface area contributed by atoms with Crippen LogP contribution in [0.25, 0.3) is 0 Å². The van der Waals surface area contributed by atoms with Crippen molar-refractivity contribution in [3.63, 3.8) is 0 Å². The third kappa shape index (κ3) is 3.65. The number of benzene rings is 1. The number of rotatable bonds is 4. The smallest absolute Gasteiger partial charge is 0.126 e. The van der Waals surface area contributed by atoms with E-state index in [4.69, 9.17) is 4.74 Å². The Morgan fingerprint density at radius 1 is 1.11 bits per heavy atom. The lowest BCUT2D eigenvalue weighted by atomic mass is 10.00. The third-order valence-electron chi connectivity index (χ3n) is 4.36. The van der Waals surface area contributed by atoms with Gasteiger partial charge >= 0.3 is 0 Å². The SMILES string of the molecule is COc1c(C)ccc(NCC2CCCCCC2)c1C. The van der Waals surface area contributed by atoms with E-state index in [0.29, 0.717) is 0 Å². The van der Waals surface area contributed by atoms with E-state index in [1.54, 1.807) is 7.11 Å². The summed E-state index contributed by atoms with van der Waals surface area (Å²) < 4.78 is 5.49. The molecule has 0 unspecified atom stereocenters. The van der Waals surface area contributed by atoms with Gasteiger partial charge in [-0.3, -0.25) is 0 Å². The van der Waals surface area contributed by atoms with Gasteiger partial charge < -0.3 is 10.1 Å². The van der Waals surface area contributed by atoms with E-state index < -0.39 is 0 Å². The van der Waals surface area contributed by atoms with Crippen LogP contribution in [-0.4, -0.2) is 13.7 Å². The molecule has 1 fully saturated rings. The molecule has 0 aromatic heterocycles. The van der Waals surface area contributed by atoms with Crippen LogP contribution in [0.1, 0.15) is 49.7 Å². The number of methoxy groups -OCH3 is 1. The van der Waals surface area contributed by atoms with Gasteiger partial charge in [-0.25, -0.2) is 0 Å². The lowest BCUT2D eigenvalue weighted by Crippen LogP contribution is -2.14. The monoisotopic (exact) mass is 261 g/mol. The first-order chi connectivity index (χ1) is 9.22. The minimum Gasteiger partial charge on any atom is -0.496 e. The number of hydrogen-bond acceptors (Lipinski definition) is 2. The Balaban J connectivity index is 1.99. The first-order valence-electron chi connectivity index (χ1n) is 7.60. The zero-order valence-corrected chi connectivity index (χ0v) is 12.6. The fourth-order valence-electron chi connectivity index (χ4n) is 3.16. The van der Waals surface area contributed by atoms with Crippen molar-refractivity contribution >= 4 is 5.69 Å². The average molecular weight is 261 g/mol. The molecule has 2 rings (SSSR count). The minimum absolute atomic E-state index is 0.842. The van der Waals surface area contributed by atoms with Crippen LogP contribution in [0.4, 0.5) is 5.69 Å². The largest absolute Gasteiger partial charge is 0.496 e. The van der Waals surface area contributed by atoms with Crippen molar-refractivity contribution in [1.29, 1.82) is 0 Å². The van der Waals surface area contributed by atoms with E-state index in [-0.39, 0.29) is 0 Å². The van der Waals surface area contributed by atoms with Crippen molar-refractivity contribution in [3.05, 3.63) is 23.3 Å². The molecule has 0 bridgehead atoms. The van der Waals surface area contributed by atoms with Crippen LogP contribution in [-0.2, 0) is 0 Å². The Morgan fingerprint density at radius 2 is 1.79 bits per heavy atom. The molecule has 0 atom stereocenters. The zero-order chi connectivity index (χ0) is 13.7. The first kappa shape index (κ1) is 14.2. The predicted molar refractivity (Wildman–Crippen MR) is 82.1 cm³/mol. The van der Waals surface area contributed by atoms with Crippen LogP contribution in [0.2, 0.25) is 0 Å². The zero-order valence-electron chi connectivity index (χ0n) is 12.6. The lowest BCUT2D eigenvalue weighted by molar-refractivity contribution is 0.408. The summed E-state index contributed by atoms with van der Waals surface area (Å²) in [7, 11) is 1.75. The summed E-state index contributed by atoms with van der Waals surface area (Å²) in [4.78, 5) is 0. The molecular weight excluding hydrogens is 234 g/mol. The van der Waals surface area contributed by atoms with Gasteiger partial charge in [-0.1, -0.05) is 31.7 Å². The third-order valence-corrected chi connectivity index (χ3v) is 4.36. The van der Waals surface area contributed by atoms with Gasteiger partial charge in [0.05, 0.1) is 7.11 Å². The van der Waals surface area contributed by atoms with Gasteiger partial charge in [-0.2, -0.15) is 0 Å². The summed E-state index contributed by atoms with van der Waals surface area (Å²) >= 11 is 0. The second kappa shape index (κ2) is 6.83. The van der Waals surface area contributed by atoms with Crippen molar-refractivity contribution in [2.45, 2.75) is 52.4 Å². The van der Waals surface area contributed by atoms with Gasteiger partial charge in [0.2, 0.25) is 0 Å². The van der Waals surface area contributed by atoms with Crippen molar-refractivity contribution in [2.24, 2.45) is 5.92 Å². The summed E-state index contributed by atoms with van der Waals surface area (Å²) in [6.45, 7) is 5.34. The Morgan fingerprint density at radius 3 is 2.42 bits per heavy atom. The highest BCUT2D eigenvalue weighted by Gasteiger charge is 2.13. The van der Waals surface area contributed by atoms with Crippen molar-refractivity contribution < 1.29 is 4.74 Å². The number of aryl methyl sites for hydroxylation is 1. The van der Waals surface area contributed by atoms with Crippen LogP contribution in [0.5, 0.6) is 5.75 Å². The number of hydrogen-bond donors (Lipinski definition) is 1. The quantitative estimate of drug-likeness (QED) is 0.794. The summed E-state index contributed by atoms with van der Waals surface area (Å²) in [6, 6.07) is 4.32. The van der Waals surface area contributed by atoms with E-state index in [0.717, 1.165) is 18.2 Å². The van der Waals surface area contributed by atoms with Crippen LogP contribution < -0.4 is 10.1 Å². The molecule has 0 amide bonds. The van der Waals surface area contributed by atoms with E-state index in [1.165, 1.54) is 55.3 Å².